The minimum Gasteiger partial charge on any atom is -0.507 e. The van der Waals surface area contributed by atoms with Crippen molar-refractivity contribution in [2.75, 3.05) is 0 Å². The third-order valence-electron chi connectivity index (χ3n) is 3.96. The van der Waals surface area contributed by atoms with Crippen LogP contribution in [0.15, 0.2) is 22.7 Å². The Morgan fingerprint density at radius 1 is 1.37 bits per heavy atom. The van der Waals surface area contributed by atoms with Crippen LogP contribution in [0.5, 0.6) is 5.75 Å². The number of phenolic OH excluding ortho intramolecular Hbond substituents is 1. The van der Waals surface area contributed by atoms with Crippen molar-refractivity contribution < 1.29 is 9.90 Å². The van der Waals surface area contributed by atoms with Crippen LogP contribution in [-0.2, 0) is 0 Å². The van der Waals surface area contributed by atoms with Crippen LogP contribution in [-0.4, -0.2) is 17.1 Å². The van der Waals surface area contributed by atoms with Crippen LogP contribution < -0.4 is 5.32 Å². The van der Waals surface area contributed by atoms with Crippen LogP contribution in [0.3, 0.4) is 0 Å². The maximum absolute atomic E-state index is 12.1. The largest absolute Gasteiger partial charge is 0.507 e. The molecule has 0 heterocycles. The molecule has 19 heavy (non-hydrogen) atoms. The number of amides is 1. The van der Waals surface area contributed by atoms with E-state index in [0.717, 1.165) is 23.2 Å². The zero-order chi connectivity index (χ0) is 13.8. The lowest BCUT2D eigenvalue weighted by Gasteiger charge is -2.28. The minimum atomic E-state index is -0.182. The van der Waals surface area contributed by atoms with E-state index in [0.29, 0.717) is 5.56 Å². The van der Waals surface area contributed by atoms with Gasteiger partial charge in [0.15, 0.2) is 0 Å². The van der Waals surface area contributed by atoms with Gasteiger partial charge in [-0.15, -0.1) is 0 Å². The highest BCUT2D eigenvalue weighted by Crippen LogP contribution is 2.27. The van der Waals surface area contributed by atoms with Crippen molar-refractivity contribution in [1.29, 1.82) is 0 Å². The highest BCUT2D eigenvalue weighted by atomic mass is 79.9. The molecule has 1 aromatic rings. The Morgan fingerprint density at radius 2 is 2.05 bits per heavy atom. The number of phenols is 1. The Bertz CT molecular complexity index is 453. The summed E-state index contributed by atoms with van der Waals surface area (Å²) in [5.41, 5.74) is 0.340. The van der Waals surface area contributed by atoms with E-state index in [2.05, 4.69) is 28.2 Å². The van der Waals surface area contributed by atoms with Crippen LogP contribution in [0.2, 0.25) is 0 Å². The second-order valence-electron chi connectivity index (χ2n) is 5.26. The fourth-order valence-electron chi connectivity index (χ4n) is 2.67. The van der Waals surface area contributed by atoms with Gasteiger partial charge in [-0.2, -0.15) is 0 Å². The highest BCUT2D eigenvalue weighted by molar-refractivity contribution is 9.10. The normalized spacial score (nSPS) is 23.1. The number of hydrogen-bond acceptors (Lipinski definition) is 2. The molecule has 0 saturated heterocycles. The summed E-state index contributed by atoms with van der Waals surface area (Å²) in [5, 5.41) is 12.8. The summed E-state index contributed by atoms with van der Waals surface area (Å²) in [6.07, 6.45) is 5.68. The molecule has 3 nitrogen and oxygen atoms in total. The van der Waals surface area contributed by atoms with Gasteiger partial charge in [0.1, 0.15) is 5.75 Å². The number of aromatic hydroxyl groups is 1. The van der Waals surface area contributed by atoms with Crippen molar-refractivity contribution in [2.45, 2.75) is 45.1 Å². The fraction of sp³-hybridized carbons (Fsp3) is 0.533. The predicted molar refractivity (Wildman–Crippen MR) is 79.3 cm³/mol. The molecule has 4 heteroatoms. The number of benzene rings is 1. The van der Waals surface area contributed by atoms with E-state index in [1.54, 1.807) is 12.1 Å². The topological polar surface area (TPSA) is 49.3 Å². The number of rotatable bonds is 3. The van der Waals surface area contributed by atoms with Gasteiger partial charge in [0.2, 0.25) is 0 Å². The molecule has 2 N–H and O–H groups in total. The van der Waals surface area contributed by atoms with Gasteiger partial charge in [0.25, 0.3) is 5.91 Å². The zero-order valence-corrected chi connectivity index (χ0v) is 12.7. The first-order chi connectivity index (χ1) is 9.10. The molecule has 1 aromatic carbocycles. The van der Waals surface area contributed by atoms with E-state index >= 15 is 0 Å². The quantitative estimate of drug-likeness (QED) is 0.886. The summed E-state index contributed by atoms with van der Waals surface area (Å²) in [4.78, 5) is 12.1. The van der Waals surface area contributed by atoms with Crippen molar-refractivity contribution in [3.8, 4) is 5.75 Å². The molecule has 104 valence electrons. The molecule has 2 rings (SSSR count). The van der Waals surface area contributed by atoms with Crippen molar-refractivity contribution >= 4 is 21.8 Å². The first-order valence-corrected chi connectivity index (χ1v) is 7.68. The molecule has 0 aromatic heterocycles. The monoisotopic (exact) mass is 325 g/mol. The summed E-state index contributed by atoms with van der Waals surface area (Å²) in [5.74, 6) is 0.661. The van der Waals surface area contributed by atoms with E-state index in [1.165, 1.54) is 25.3 Å². The van der Waals surface area contributed by atoms with Gasteiger partial charge in [0.05, 0.1) is 5.56 Å². The predicted octanol–water partition coefficient (Wildman–Crippen LogP) is 3.85. The van der Waals surface area contributed by atoms with Gasteiger partial charge >= 0.3 is 0 Å². The average molecular weight is 326 g/mol. The molecule has 0 radical (unpaired) electrons. The van der Waals surface area contributed by atoms with Gasteiger partial charge in [-0.1, -0.05) is 29.3 Å². The summed E-state index contributed by atoms with van der Waals surface area (Å²) in [7, 11) is 0. The van der Waals surface area contributed by atoms with Gasteiger partial charge in [-0.3, -0.25) is 4.79 Å². The second-order valence-corrected chi connectivity index (χ2v) is 6.18. The van der Waals surface area contributed by atoms with E-state index < -0.39 is 0 Å². The van der Waals surface area contributed by atoms with Crippen LogP contribution in [0.4, 0.5) is 0 Å². The molecule has 0 spiro atoms. The maximum Gasteiger partial charge on any atom is 0.255 e. The SMILES string of the molecule is CCC1CCC(NC(=O)c2cc(Br)ccc2O)CC1. The van der Waals surface area contributed by atoms with Gasteiger partial charge in [0, 0.05) is 10.5 Å². The summed E-state index contributed by atoms with van der Waals surface area (Å²) in [6.45, 7) is 2.23. The molecule has 1 aliphatic carbocycles. The zero-order valence-electron chi connectivity index (χ0n) is 11.2. The lowest BCUT2D eigenvalue weighted by molar-refractivity contribution is 0.0919. The summed E-state index contributed by atoms with van der Waals surface area (Å²) < 4.78 is 0.796. The van der Waals surface area contributed by atoms with E-state index in [-0.39, 0.29) is 17.7 Å². The lowest BCUT2D eigenvalue weighted by Crippen LogP contribution is -2.37. The highest BCUT2D eigenvalue weighted by Gasteiger charge is 2.22. The second kappa shape index (κ2) is 6.42. The molecule has 0 unspecified atom stereocenters. The number of hydrogen-bond donors (Lipinski definition) is 2. The van der Waals surface area contributed by atoms with Gasteiger partial charge in [-0.05, 0) is 49.8 Å². The molecule has 1 amide bonds. The fourth-order valence-corrected chi connectivity index (χ4v) is 3.03. The van der Waals surface area contributed by atoms with E-state index in [9.17, 15) is 9.90 Å². The molecule has 0 aliphatic heterocycles. The Morgan fingerprint density at radius 3 is 2.68 bits per heavy atom. The van der Waals surface area contributed by atoms with Crippen LogP contribution >= 0.6 is 15.9 Å². The Hall–Kier alpha value is -1.03. The van der Waals surface area contributed by atoms with Crippen LogP contribution in [0, 0.1) is 5.92 Å². The Kier molecular flexibility index (Phi) is 4.86. The number of carbonyl (C=O) groups excluding carboxylic acids is 1. The van der Waals surface area contributed by atoms with Crippen molar-refractivity contribution in [3.05, 3.63) is 28.2 Å². The van der Waals surface area contributed by atoms with Crippen LogP contribution in [0.25, 0.3) is 0 Å². The lowest BCUT2D eigenvalue weighted by atomic mass is 9.84. The molecule has 0 atom stereocenters. The minimum absolute atomic E-state index is 0.0305. The van der Waals surface area contributed by atoms with Gasteiger partial charge < -0.3 is 10.4 Å². The van der Waals surface area contributed by atoms with Crippen molar-refractivity contribution in [3.63, 3.8) is 0 Å². The standard InChI is InChI=1S/C15H20BrNO2/c1-2-10-3-6-12(7-4-10)17-15(19)13-9-11(16)5-8-14(13)18/h5,8-10,12,18H,2-4,6-7H2,1H3,(H,17,19). The smallest absolute Gasteiger partial charge is 0.255 e. The number of nitrogens with one attached hydrogen (secondary N) is 1. The molecular formula is C15H20BrNO2. The third kappa shape index (κ3) is 3.72. The first-order valence-electron chi connectivity index (χ1n) is 6.89. The van der Waals surface area contributed by atoms with Crippen LogP contribution in [0.1, 0.15) is 49.4 Å². The molecule has 1 saturated carbocycles. The first kappa shape index (κ1) is 14.4. The molecule has 1 aliphatic rings. The third-order valence-corrected chi connectivity index (χ3v) is 4.46. The molecule has 0 bridgehead atoms. The van der Waals surface area contributed by atoms with Gasteiger partial charge in [-0.25, -0.2) is 0 Å². The van der Waals surface area contributed by atoms with Crippen molar-refractivity contribution in [1.82, 2.24) is 5.32 Å². The van der Waals surface area contributed by atoms with E-state index in [1.807, 2.05) is 0 Å². The number of halogens is 1. The van der Waals surface area contributed by atoms with E-state index in [4.69, 9.17) is 0 Å². The maximum atomic E-state index is 12.1. The summed E-state index contributed by atoms with van der Waals surface area (Å²) in [6, 6.07) is 5.15. The molecular weight excluding hydrogens is 306 g/mol. The number of carbonyl (C=O) groups is 1. The van der Waals surface area contributed by atoms with Crippen molar-refractivity contribution in [2.24, 2.45) is 5.92 Å². The Labute approximate surface area is 122 Å². The molecule has 1 fully saturated rings. The Balaban J connectivity index is 1.96. The summed E-state index contributed by atoms with van der Waals surface area (Å²) >= 11 is 3.32. The average Bonchev–Trinajstić information content (AvgIpc) is 2.42.